The largest absolute Gasteiger partial charge is 0.266 e. The van der Waals surface area contributed by atoms with Crippen molar-refractivity contribution in [1.29, 1.82) is 0 Å². The van der Waals surface area contributed by atoms with E-state index < -0.39 is 0 Å². The van der Waals surface area contributed by atoms with Gasteiger partial charge in [-0.2, -0.15) is 0 Å². The molecule has 0 unspecified atom stereocenters. The fraction of sp³-hybridized carbons (Fsp3) is 0.500. The van der Waals surface area contributed by atoms with Crippen LogP contribution >= 0.6 is 0 Å². The van der Waals surface area contributed by atoms with Gasteiger partial charge in [0.05, 0.1) is 0 Å². The number of rotatable bonds is 1. The van der Waals surface area contributed by atoms with Crippen molar-refractivity contribution < 1.29 is 0 Å². The molecule has 0 saturated heterocycles. The molecule has 0 fully saturated rings. The van der Waals surface area contributed by atoms with Gasteiger partial charge in [-0.3, -0.25) is 4.99 Å². The molecular weight excluding hydrogens is 182 g/mol. The van der Waals surface area contributed by atoms with Gasteiger partial charge in [0.2, 0.25) is 0 Å². The summed E-state index contributed by atoms with van der Waals surface area (Å²) in [4.78, 5) is 4.35. The van der Waals surface area contributed by atoms with Gasteiger partial charge in [0.15, 0.2) is 0 Å². The molecule has 1 aliphatic carbocycles. The van der Waals surface area contributed by atoms with Gasteiger partial charge in [0.25, 0.3) is 0 Å². The summed E-state index contributed by atoms with van der Waals surface area (Å²) in [5, 5.41) is 0. The van der Waals surface area contributed by atoms with Crippen molar-refractivity contribution in [3.63, 3.8) is 0 Å². The van der Waals surface area contributed by atoms with E-state index in [4.69, 9.17) is 0 Å². The zero-order valence-electron chi connectivity index (χ0n) is 10.5. The molecule has 0 aromatic rings. The molecule has 82 valence electrons. The van der Waals surface area contributed by atoms with Gasteiger partial charge in [-0.25, -0.2) is 0 Å². The first-order chi connectivity index (χ1) is 6.88. The molecule has 0 bridgehead atoms. The summed E-state index contributed by atoms with van der Waals surface area (Å²) < 4.78 is 0. The molecular formula is C14H21N. The Hall–Kier alpha value is -1.11. The van der Waals surface area contributed by atoms with Crippen molar-refractivity contribution in [2.24, 2.45) is 10.4 Å². The smallest absolute Gasteiger partial charge is 0.0406 e. The van der Waals surface area contributed by atoms with E-state index in [0.29, 0.717) is 0 Å². The molecule has 0 atom stereocenters. The number of nitrogens with zero attached hydrogens (tertiary/aromatic N) is 1. The van der Waals surface area contributed by atoms with Crippen molar-refractivity contribution >= 4 is 6.21 Å². The Labute approximate surface area is 93.3 Å². The Bertz CT molecular complexity index is 365. The fourth-order valence-electron chi connectivity index (χ4n) is 1.87. The zero-order valence-corrected chi connectivity index (χ0v) is 10.5. The van der Waals surface area contributed by atoms with E-state index in [-0.39, 0.29) is 5.41 Å². The second-order valence-electron chi connectivity index (χ2n) is 4.86. The van der Waals surface area contributed by atoms with Crippen molar-refractivity contribution in [3.05, 3.63) is 35.1 Å². The minimum atomic E-state index is 0.237. The van der Waals surface area contributed by atoms with E-state index >= 15 is 0 Å². The molecule has 1 aliphatic rings. The molecule has 0 saturated carbocycles. The first-order valence-electron chi connectivity index (χ1n) is 5.45. The van der Waals surface area contributed by atoms with Gasteiger partial charge in [-0.1, -0.05) is 32.1 Å². The van der Waals surface area contributed by atoms with Crippen LogP contribution in [0.4, 0.5) is 0 Å². The van der Waals surface area contributed by atoms with E-state index in [1.807, 2.05) is 13.1 Å². The number of hydrogen-bond acceptors (Lipinski definition) is 1. The first kappa shape index (κ1) is 12.0. The van der Waals surface area contributed by atoms with Crippen LogP contribution in [0.15, 0.2) is 40.1 Å². The van der Waals surface area contributed by atoms with E-state index in [0.717, 1.165) is 17.7 Å². The lowest BCUT2D eigenvalue weighted by atomic mass is 9.72. The minimum Gasteiger partial charge on any atom is -0.266 e. The molecule has 0 heterocycles. The molecule has 0 aromatic carbocycles. The number of aliphatic imine (C=N–C) groups is 1. The molecule has 1 rings (SSSR count). The summed E-state index contributed by atoms with van der Waals surface area (Å²) in [6.07, 6.45) is 5.07. The summed E-state index contributed by atoms with van der Waals surface area (Å²) >= 11 is 0. The van der Waals surface area contributed by atoms with Crippen LogP contribution in [0.25, 0.3) is 0 Å². The third-order valence-corrected chi connectivity index (χ3v) is 3.22. The molecule has 0 aromatic heterocycles. The van der Waals surface area contributed by atoms with Crippen LogP contribution in [-0.2, 0) is 0 Å². The summed E-state index contributed by atoms with van der Waals surface area (Å²) in [5.41, 5.74) is 5.16. The second-order valence-corrected chi connectivity index (χ2v) is 4.86. The summed E-state index contributed by atoms with van der Waals surface area (Å²) in [7, 11) is 0. The Kier molecular flexibility index (Phi) is 3.33. The highest BCUT2D eigenvalue weighted by atomic mass is 14.7. The summed E-state index contributed by atoms with van der Waals surface area (Å²) in [6.45, 7) is 14.8. The second kappa shape index (κ2) is 4.18. The van der Waals surface area contributed by atoms with E-state index in [9.17, 15) is 0 Å². The maximum Gasteiger partial charge on any atom is 0.0406 e. The van der Waals surface area contributed by atoms with Crippen LogP contribution in [0.2, 0.25) is 0 Å². The van der Waals surface area contributed by atoms with Gasteiger partial charge in [-0.05, 0) is 43.8 Å². The van der Waals surface area contributed by atoms with Gasteiger partial charge < -0.3 is 0 Å². The van der Waals surface area contributed by atoms with Crippen molar-refractivity contribution in [3.8, 4) is 0 Å². The van der Waals surface area contributed by atoms with Crippen molar-refractivity contribution in [2.45, 2.75) is 41.0 Å². The molecule has 0 N–H and O–H groups in total. The Morgan fingerprint density at radius 2 is 2.13 bits per heavy atom. The lowest BCUT2D eigenvalue weighted by molar-refractivity contribution is 0.434. The zero-order chi connectivity index (χ0) is 11.6. The highest BCUT2D eigenvalue weighted by Gasteiger charge is 2.27. The SMILES string of the molecule is C=C1C=C(C)C(C)(C)C/C1=C(\C)N=CC. The lowest BCUT2D eigenvalue weighted by Crippen LogP contribution is -2.19. The average molecular weight is 203 g/mol. The number of allylic oxidation sites excluding steroid dienone is 5. The molecule has 0 spiro atoms. The third kappa shape index (κ3) is 2.47. The summed E-state index contributed by atoms with van der Waals surface area (Å²) in [5.74, 6) is 0. The molecule has 1 nitrogen and oxygen atoms in total. The Balaban J connectivity index is 3.18. The summed E-state index contributed by atoms with van der Waals surface area (Å²) in [6, 6.07) is 0. The van der Waals surface area contributed by atoms with Crippen LogP contribution in [0.3, 0.4) is 0 Å². The number of hydrogen-bond donors (Lipinski definition) is 0. The van der Waals surface area contributed by atoms with Crippen molar-refractivity contribution in [1.82, 2.24) is 0 Å². The standard InChI is InChI=1S/C14H21N/c1-7-15-12(4)13-9-14(5,6)11(3)8-10(13)2/h7-8H,2,9H2,1,3-6H3/b13-12-,15-7?. The highest BCUT2D eigenvalue weighted by Crippen LogP contribution is 2.41. The Morgan fingerprint density at radius 1 is 1.53 bits per heavy atom. The predicted molar refractivity (Wildman–Crippen MR) is 68.2 cm³/mol. The minimum absolute atomic E-state index is 0.237. The van der Waals surface area contributed by atoms with E-state index in [1.54, 1.807) is 0 Å². The Morgan fingerprint density at radius 3 is 2.67 bits per heavy atom. The quantitative estimate of drug-likeness (QED) is 0.564. The van der Waals surface area contributed by atoms with Gasteiger partial charge in [0.1, 0.15) is 0 Å². The van der Waals surface area contributed by atoms with Crippen LogP contribution in [0.5, 0.6) is 0 Å². The maximum atomic E-state index is 4.35. The van der Waals surface area contributed by atoms with Crippen LogP contribution in [0.1, 0.15) is 41.0 Å². The monoisotopic (exact) mass is 203 g/mol. The van der Waals surface area contributed by atoms with E-state index in [2.05, 4.69) is 45.3 Å². The molecule has 0 amide bonds. The van der Waals surface area contributed by atoms with Gasteiger partial charge in [-0.15, -0.1) is 0 Å². The maximum absolute atomic E-state index is 4.35. The highest BCUT2D eigenvalue weighted by molar-refractivity contribution is 5.57. The van der Waals surface area contributed by atoms with Crippen LogP contribution in [-0.4, -0.2) is 6.21 Å². The predicted octanol–water partition coefficient (Wildman–Crippen LogP) is 4.28. The average Bonchev–Trinajstić information content (AvgIpc) is 2.12. The molecule has 1 heteroatoms. The van der Waals surface area contributed by atoms with Crippen molar-refractivity contribution in [2.75, 3.05) is 0 Å². The van der Waals surface area contributed by atoms with Crippen LogP contribution in [0, 0.1) is 5.41 Å². The third-order valence-electron chi connectivity index (χ3n) is 3.22. The van der Waals surface area contributed by atoms with Crippen LogP contribution < -0.4 is 0 Å². The molecule has 0 radical (unpaired) electrons. The topological polar surface area (TPSA) is 12.4 Å². The van der Waals surface area contributed by atoms with Gasteiger partial charge >= 0.3 is 0 Å². The van der Waals surface area contributed by atoms with E-state index in [1.165, 1.54) is 11.1 Å². The normalized spacial score (nSPS) is 24.3. The first-order valence-corrected chi connectivity index (χ1v) is 5.45. The lowest BCUT2D eigenvalue weighted by Gasteiger charge is -2.32. The molecule has 0 aliphatic heterocycles. The molecule has 15 heavy (non-hydrogen) atoms. The fourth-order valence-corrected chi connectivity index (χ4v) is 1.87. The van der Waals surface area contributed by atoms with Gasteiger partial charge in [0, 0.05) is 11.9 Å².